The van der Waals surface area contributed by atoms with E-state index >= 15 is 0 Å². The van der Waals surface area contributed by atoms with Crippen molar-refractivity contribution < 1.29 is 14.3 Å². The number of aromatic nitrogens is 2. The van der Waals surface area contributed by atoms with Crippen LogP contribution in [0, 0.1) is 0 Å². The summed E-state index contributed by atoms with van der Waals surface area (Å²) >= 11 is 6.35. The molecule has 0 unspecified atom stereocenters. The molecule has 1 amide bonds. The highest BCUT2D eigenvalue weighted by atomic mass is 35.5. The highest BCUT2D eigenvalue weighted by molar-refractivity contribution is 6.44. The largest absolute Gasteiger partial charge is 0.494 e. The Labute approximate surface area is 227 Å². The van der Waals surface area contributed by atoms with E-state index in [2.05, 4.69) is 55.9 Å². The molecule has 0 aliphatic carbocycles. The quantitative estimate of drug-likeness (QED) is 0.274. The fourth-order valence-corrected chi connectivity index (χ4v) is 4.55. The summed E-state index contributed by atoms with van der Waals surface area (Å²) in [4.78, 5) is 37.8. The van der Waals surface area contributed by atoms with Gasteiger partial charge in [-0.05, 0) is 51.2 Å². The maximum absolute atomic E-state index is 12.5. The molecule has 1 saturated heterocycles. The summed E-state index contributed by atoms with van der Waals surface area (Å²) in [6.45, 7) is 1.97. The summed E-state index contributed by atoms with van der Waals surface area (Å²) in [5.41, 5.74) is 2.39. The third-order valence-electron chi connectivity index (χ3n) is 6.59. The number of likely N-dealkylation sites (N-methyl/N-ethyl adjacent to an activating group) is 1. The standard InChI is InChI=1S/C27H32ClN7O3/c1-29-26(37)24(36)19-7-5-6-8-21(19)31-25-20(28)16-30-27(33-25)32-22-10-9-18(15-23(22)38-4)35-13-11-17(12-14-35)34(2)3/h5-10,15-17H,11-14H2,1-4H3,(H,29,37)(H2,30,31,32,33). The Morgan fingerprint density at radius 3 is 2.50 bits per heavy atom. The first-order valence-electron chi connectivity index (χ1n) is 12.3. The van der Waals surface area contributed by atoms with E-state index in [9.17, 15) is 9.59 Å². The monoisotopic (exact) mass is 537 g/mol. The second-order valence-electron chi connectivity index (χ2n) is 9.16. The molecule has 0 atom stereocenters. The number of halogens is 1. The molecule has 200 valence electrons. The number of hydrogen-bond acceptors (Lipinski definition) is 9. The molecule has 1 aromatic heterocycles. The molecule has 2 aromatic carbocycles. The molecule has 3 N–H and O–H groups in total. The fraction of sp³-hybridized carbons (Fsp3) is 0.333. The Morgan fingerprint density at radius 1 is 1.08 bits per heavy atom. The molecule has 4 rings (SSSR count). The van der Waals surface area contributed by atoms with Crippen LogP contribution in [-0.2, 0) is 4.79 Å². The molecule has 10 nitrogen and oxygen atoms in total. The fourth-order valence-electron chi connectivity index (χ4n) is 4.41. The Bertz CT molecular complexity index is 1310. The number of benzene rings is 2. The average Bonchev–Trinajstić information content (AvgIpc) is 2.94. The number of ether oxygens (including phenoxy) is 1. The van der Waals surface area contributed by atoms with Gasteiger partial charge in [0, 0.05) is 37.9 Å². The zero-order valence-corrected chi connectivity index (χ0v) is 22.7. The highest BCUT2D eigenvalue weighted by Gasteiger charge is 2.22. The van der Waals surface area contributed by atoms with Crippen molar-refractivity contribution in [2.75, 3.05) is 56.9 Å². The zero-order chi connectivity index (χ0) is 27.2. The summed E-state index contributed by atoms with van der Waals surface area (Å²) in [6.07, 6.45) is 3.68. The van der Waals surface area contributed by atoms with Crippen molar-refractivity contribution in [2.45, 2.75) is 18.9 Å². The van der Waals surface area contributed by atoms with E-state index < -0.39 is 11.7 Å². The van der Waals surface area contributed by atoms with Crippen LogP contribution in [0.2, 0.25) is 5.02 Å². The van der Waals surface area contributed by atoms with Gasteiger partial charge in [0.2, 0.25) is 5.95 Å². The van der Waals surface area contributed by atoms with E-state index in [1.165, 1.54) is 13.2 Å². The molecule has 0 saturated carbocycles. The number of Topliss-reactive ketones (excluding diaryl/α,β-unsaturated/α-hetero) is 1. The number of carbonyl (C=O) groups excluding carboxylic acids is 2. The Morgan fingerprint density at radius 2 is 1.82 bits per heavy atom. The van der Waals surface area contributed by atoms with Crippen LogP contribution >= 0.6 is 11.6 Å². The predicted octanol–water partition coefficient (Wildman–Crippen LogP) is 4.08. The lowest BCUT2D eigenvalue weighted by atomic mass is 10.0. The maximum atomic E-state index is 12.5. The van der Waals surface area contributed by atoms with E-state index in [0.29, 0.717) is 23.2 Å². The topological polar surface area (TPSA) is 112 Å². The van der Waals surface area contributed by atoms with Crippen LogP contribution in [0.4, 0.5) is 28.8 Å². The zero-order valence-electron chi connectivity index (χ0n) is 21.9. The summed E-state index contributed by atoms with van der Waals surface area (Å²) < 4.78 is 5.66. The molecule has 0 spiro atoms. The van der Waals surface area contributed by atoms with Crippen molar-refractivity contribution in [2.24, 2.45) is 0 Å². The van der Waals surface area contributed by atoms with Gasteiger partial charge in [0.05, 0.1) is 30.2 Å². The van der Waals surface area contributed by atoms with Gasteiger partial charge in [-0.15, -0.1) is 0 Å². The maximum Gasteiger partial charge on any atom is 0.292 e. The van der Waals surface area contributed by atoms with Crippen molar-refractivity contribution in [3.8, 4) is 5.75 Å². The first-order chi connectivity index (χ1) is 18.3. The third-order valence-corrected chi connectivity index (χ3v) is 6.87. The Balaban J connectivity index is 1.53. The molecule has 0 bridgehead atoms. The van der Waals surface area contributed by atoms with Crippen molar-refractivity contribution in [1.29, 1.82) is 0 Å². The Kier molecular flexibility index (Phi) is 8.65. The van der Waals surface area contributed by atoms with E-state index in [1.807, 2.05) is 12.1 Å². The number of amides is 1. The van der Waals surface area contributed by atoms with Gasteiger partial charge in [0.15, 0.2) is 5.82 Å². The number of methoxy groups -OCH3 is 1. The number of nitrogens with one attached hydrogen (secondary N) is 3. The van der Waals surface area contributed by atoms with Crippen LogP contribution in [-0.4, -0.2) is 73.9 Å². The first kappa shape index (κ1) is 27.2. The van der Waals surface area contributed by atoms with Crippen LogP contribution in [0.3, 0.4) is 0 Å². The number of piperidine rings is 1. The van der Waals surface area contributed by atoms with Gasteiger partial charge in [0.1, 0.15) is 10.8 Å². The molecule has 11 heteroatoms. The molecule has 2 heterocycles. The summed E-state index contributed by atoms with van der Waals surface area (Å²) in [7, 11) is 7.29. The van der Waals surface area contributed by atoms with Crippen molar-refractivity contribution in [3.05, 3.63) is 59.2 Å². The highest BCUT2D eigenvalue weighted by Crippen LogP contribution is 2.34. The number of rotatable bonds is 9. The Hall–Kier alpha value is -3.89. The molecule has 38 heavy (non-hydrogen) atoms. The third kappa shape index (κ3) is 6.15. The van der Waals surface area contributed by atoms with E-state index in [4.69, 9.17) is 16.3 Å². The van der Waals surface area contributed by atoms with Gasteiger partial charge in [-0.3, -0.25) is 9.59 Å². The summed E-state index contributed by atoms with van der Waals surface area (Å²) in [5, 5.41) is 8.85. The molecule has 1 aliphatic heterocycles. The van der Waals surface area contributed by atoms with E-state index in [1.54, 1.807) is 31.4 Å². The number of ketones is 1. The second kappa shape index (κ2) is 12.1. The number of nitrogens with zero attached hydrogens (tertiary/aromatic N) is 4. The van der Waals surface area contributed by atoms with Gasteiger partial charge in [-0.1, -0.05) is 23.7 Å². The molecule has 1 aliphatic rings. The number of para-hydroxylation sites is 1. The van der Waals surface area contributed by atoms with Gasteiger partial charge in [-0.25, -0.2) is 4.98 Å². The van der Waals surface area contributed by atoms with Gasteiger partial charge in [0.25, 0.3) is 11.7 Å². The molecule has 0 radical (unpaired) electrons. The minimum Gasteiger partial charge on any atom is -0.494 e. The normalized spacial score (nSPS) is 13.8. The summed E-state index contributed by atoms with van der Waals surface area (Å²) in [5.74, 6) is -0.166. The van der Waals surface area contributed by atoms with Crippen molar-refractivity contribution >= 4 is 52.1 Å². The molecule has 3 aromatic rings. The minimum atomic E-state index is -0.715. The lowest BCUT2D eigenvalue weighted by Gasteiger charge is -2.36. The van der Waals surface area contributed by atoms with Crippen LogP contribution in [0.15, 0.2) is 48.7 Å². The smallest absolute Gasteiger partial charge is 0.292 e. The van der Waals surface area contributed by atoms with Gasteiger partial charge in [-0.2, -0.15) is 4.98 Å². The van der Waals surface area contributed by atoms with Gasteiger partial charge >= 0.3 is 0 Å². The number of carbonyl (C=O) groups is 2. The molecule has 1 fully saturated rings. The SMILES string of the molecule is CNC(=O)C(=O)c1ccccc1Nc1nc(Nc2ccc(N3CCC(N(C)C)CC3)cc2OC)ncc1Cl. The number of hydrogen-bond donors (Lipinski definition) is 3. The van der Waals surface area contributed by atoms with Crippen LogP contribution < -0.4 is 25.6 Å². The first-order valence-corrected chi connectivity index (χ1v) is 12.7. The van der Waals surface area contributed by atoms with Gasteiger partial charge < -0.3 is 30.5 Å². The molecular formula is C27H32ClN7O3. The summed E-state index contributed by atoms with van der Waals surface area (Å²) in [6, 6.07) is 13.3. The molecular weight excluding hydrogens is 506 g/mol. The minimum absolute atomic E-state index is 0.197. The van der Waals surface area contributed by atoms with E-state index in [0.717, 1.165) is 31.6 Å². The lowest BCUT2D eigenvalue weighted by molar-refractivity contribution is -0.116. The predicted molar refractivity (Wildman–Crippen MR) is 150 cm³/mol. The van der Waals surface area contributed by atoms with Crippen molar-refractivity contribution in [1.82, 2.24) is 20.2 Å². The van der Waals surface area contributed by atoms with Crippen LogP contribution in [0.5, 0.6) is 5.75 Å². The van der Waals surface area contributed by atoms with E-state index in [-0.39, 0.29) is 22.4 Å². The van der Waals surface area contributed by atoms with Crippen LogP contribution in [0.25, 0.3) is 0 Å². The van der Waals surface area contributed by atoms with Crippen LogP contribution in [0.1, 0.15) is 23.2 Å². The average molecular weight is 538 g/mol. The number of anilines is 5. The lowest BCUT2D eigenvalue weighted by Crippen LogP contribution is -2.41. The second-order valence-corrected chi connectivity index (χ2v) is 9.57. The van der Waals surface area contributed by atoms with Crippen molar-refractivity contribution in [3.63, 3.8) is 0 Å².